The van der Waals surface area contributed by atoms with E-state index in [0.717, 1.165) is 10.9 Å². The summed E-state index contributed by atoms with van der Waals surface area (Å²) < 4.78 is 9.34. The number of thioether (sulfide) groups is 1. The summed E-state index contributed by atoms with van der Waals surface area (Å²) in [5, 5.41) is 18.9. The highest BCUT2D eigenvalue weighted by molar-refractivity contribution is 7.99. The molecule has 0 radical (unpaired) electrons. The number of fused-ring (bicyclic) bond motifs is 1. The fourth-order valence-electron chi connectivity index (χ4n) is 3.30. The lowest BCUT2D eigenvalue weighted by atomic mass is 10.1. The lowest BCUT2D eigenvalue weighted by Gasteiger charge is -2.05. The van der Waals surface area contributed by atoms with Crippen molar-refractivity contribution in [1.82, 2.24) is 19.3 Å². The monoisotopic (exact) mass is 405 g/mol. The molecule has 3 heterocycles. The summed E-state index contributed by atoms with van der Waals surface area (Å²) >= 11 is 1.36. The van der Waals surface area contributed by atoms with Gasteiger partial charge in [0.1, 0.15) is 0 Å². The molecule has 3 aromatic heterocycles. The van der Waals surface area contributed by atoms with Crippen LogP contribution in [-0.2, 0) is 13.1 Å². The zero-order chi connectivity index (χ0) is 20.2. The van der Waals surface area contributed by atoms with Crippen molar-refractivity contribution in [2.75, 3.05) is 5.75 Å². The molecule has 0 fully saturated rings. The standard InChI is InChI=1S/C21H19N5O2S/c1-2-26-20(19-9-5-12-28-19)23-24-21(26)29-14-18(27)16-13-25(11-6-10-22)17-8-4-3-7-15(16)17/h3-5,7-9,12-13H,2,6,11,14H2,1H3. The number of benzene rings is 1. The molecule has 0 bridgehead atoms. The summed E-state index contributed by atoms with van der Waals surface area (Å²) in [6.07, 6.45) is 3.85. The molecule has 146 valence electrons. The number of para-hydroxylation sites is 1. The third kappa shape index (κ3) is 3.69. The van der Waals surface area contributed by atoms with E-state index in [1.165, 1.54) is 11.8 Å². The molecule has 0 aliphatic heterocycles. The Kier molecular flexibility index (Phi) is 5.49. The first kappa shape index (κ1) is 19.0. The van der Waals surface area contributed by atoms with Crippen LogP contribution in [0.5, 0.6) is 0 Å². The van der Waals surface area contributed by atoms with Gasteiger partial charge in [-0.25, -0.2) is 0 Å². The number of ketones is 1. The second-order valence-electron chi connectivity index (χ2n) is 6.40. The number of aromatic nitrogens is 4. The van der Waals surface area contributed by atoms with Gasteiger partial charge in [-0.3, -0.25) is 9.36 Å². The van der Waals surface area contributed by atoms with Crippen molar-refractivity contribution >= 4 is 28.4 Å². The first-order valence-corrected chi connectivity index (χ1v) is 10.3. The molecular formula is C21H19N5O2S. The molecule has 0 saturated carbocycles. The van der Waals surface area contributed by atoms with Gasteiger partial charge >= 0.3 is 0 Å². The fourth-order valence-corrected chi connectivity index (χ4v) is 4.19. The van der Waals surface area contributed by atoms with Crippen molar-refractivity contribution < 1.29 is 9.21 Å². The molecule has 0 saturated heterocycles. The predicted octanol–water partition coefficient (Wildman–Crippen LogP) is 4.40. The second-order valence-corrected chi connectivity index (χ2v) is 7.34. The summed E-state index contributed by atoms with van der Waals surface area (Å²) in [4.78, 5) is 13.0. The highest BCUT2D eigenvalue weighted by Crippen LogP contribution is 2.27. The Morgan fingerprint density at radius 1 is 1.24 bits per heavy atom. The average Bonchev–Trinajstić information content (AvgIpc) is 3.48. The largest absolute Gasteiger partial charge is 0.461 e. The van der Waals surface area contributed by atoms with Gasteiger partial charge in [0.2, 0.25) is 0 Å². The molecular weight excluding hydrogens is 386 g/mol. The van der Waals surface area contributed by atoms with Gasteiger partial charge < -0.3 is 8.98 Å². The van der Waals surface area contributed by atoms with Crippen molar-refractivity contribution in [1.29, 1.82) is 5.26 Å². The lowest BCUT2D eigenvalue weighted by Crippen LogP contribution is -2.05. The summed E-state index contributed by atoms with van der Waals surface area (Å²) in [5.41, 5.74) is 1.63. The first-order chi connectivity index (χ1) is 14.2. The van der Waals surface area contributed by atoms with E-state index in [1.54, 1.807) is 6.26 Å². The number of aryl methyl sites for hydroxylation is 1. The Morgan fingerprint density at radius 2 is 2.10 bits per heavy atom. The fraction of sp³-hybridized carbons (Fsp3) is 0.238. The summed E-state index contributed by atoms with van der Waals surface area (Å²) in [5.74, 6) is 1.58. The van der Waals surface area contributed by atoms with Crippen molar-refractivity contribution in [2.24, 2.45) is 0 Å². The predicted molar refractivity (Wildman–Crippen MR) is 111 cm³/mol. The van der Waals surface area contributed by atoms with Crippen LogP contribution < -0.4 is 0 Å². The minimum atomic E-state index is 0.0205. The van der Waals surface area contributed by atoms with Gasteiger partial charge in [0, 0.05) is 35.8 Å². The van der Waals surface area contributed by atoms with Crippen molar-refractivity contribution in [3.05, 3.63) is 54.4 Å². The minimum absolute atomic E-state index is 0.0205. The molecule has 0 amide bonds. The molecule has 1 aromatic carbocycles. The highest BCUT2D eigenvalue weighted by atomic mass is 32.2. The number of Topliss-reactive ketones (excluding diaryl/α,β-unsaturated/α-hetero) is 1. The number of hydrogen-bond donors (Lipinski definition) is 0. The van der Waals surface area contributed by atoms with Gasteiger partial charge in [0.05, 0.1) is 24.5 Å². The number of nitriles is 1. The summed E-state index contributed by atoms with van der Waals surface area (Å²) in [6, 6.07) is 13.6. The van der Waals surface area contributed by atoms with Crippen molar-refractivity contribution in [2.45, 2.75) is 31.6 Å². The molecule has 4 aromatic rings. The zero-order valence-corrected chi connectivity index (χ0v) is 16.7. The smallest absolute Gasteiger partial charge is 0.200 e. The van der Waals surface area contributed by atoms with Gasteiger partial charge in [-0.05, 0) is 25.1 Å². The van der Waals surface area contributed by atoms with Crippen molar-refractivity contribution in [3.8, 4) is 17.7 Å². The van der Waals surface area contributed by atoms with E-state index in [-0.39, 0.29) is 11.5 Å². The highest BCUT2D eigenvalue weighted by Gasteiger charge is 2.19. The minimum Gasteiger partial charge on any atom is -0.461 e. The third-order valence-corrected chi connectivity index (χ3v) is 5.63. The van der Waals surface area contributed by atoms with Gasteiger partial charge in [-0.15, -0.1) is 10.2 Å². The quantitative estimate of drug-likeness (QED) is 0.319. The second kappa shape index (κ2) is 8.37. The van der Waals surface area contributed by atoms with Gasteiger partial charge in [0.25, 0.3) is 0 Å². The molecule has 0 N–H and O–H groups in total. The maximum atomic E-state index is 13.0. The van der Waals surface area contributed by atoms with E-state index in [1.807, 2.05) is 58.7 Å². The molecule has 0 spiro atoms. The van der Waals surface area contributed by atoms with Crippen LogP contribution in [0.2, 0.25) is 0 Å². The van der Waals surface area contributed by atoms with Crippen LogP contribution in [0.1, 0.15) is 23.7 Å². The SMILES string of the molecule is CCn1c(SCC(=O)c2cn(CCC#N)c3ccccc23)nnc1-c1ccco1. The van der Waals surface area contributed by atoms with Gasteiger partial charge in [-0.2, -0.15) is 5.26 Å². The van der Waals surface area contributed by atoms with Crippen LogP contribution in [0, 0.1) is 11.3 Å². The maximum absolute atomic E-state index is 13.0. The summed E-state index contributed by atoms with van der Waals surface area (Å²) in [6.45, 7) is 3.24. The molecule has 4 rings (SSSR count). The van der Waals surface area contributed by atoms with Crippen LogP contribution in [0.4, 0.5) is 0 Å². The normalized spacial score (nSPS) is 11.0. The van der Waals surface area contributed by atoms with E-state index in [2.05, 4.69) is 16.3 Å². The number of carbonyl (C=O) groups is 1. The molecule has 0 unspecified atom stereocenters. The molecule has 7 nitrogen and oxygen atoms in total. The number of carbonyl (C=O) groups excluding carboxylic acids is 1. The Hall–Kier alpha value is -3.31. The van der Waals surface area contributed by atoms with E-state index in [9.17, 15) is 4.79 Å². The lowest BCUT2D eigenvalue weighted by molar-refractivity contribution is 0.102. The molecule has 0 atom stereocenters. The first-order valence-electron chi connectivity index (χ1n) is 9.30. The molecule has 29 heavy (non-hydrogen) atoms. The van der Waals surface area contributed by atoms with Crippen LogP contribution in [0.25, 0.3) is 22.5 Å². The van der Waals surface area contributed by atoms with E-state index < -0.39 is 0 Å². The van der Waals surface area contributed by atoms with Gasteiger partial charge in [-0.1, -0.05) is 30.0 Å². The van der Waals surface area contributed by atoms with Crippen LogP contribution in [-0.4, -0.2) is 30.9 Å². The number of hydrogen-bond acceptors (Lipinski definition) is 6. The Balaban J connectivity index is 1.56. The van der Waals surface area contributed by atoms with Crippen LogP contribution in [0.15, 0.2) is 58.4 Å². The maximum Gasteiger partial charge on any atom is 0.200 e. The number of furan rings is 1. The van der Waals surface area contributed by atoms with Crippen LogP contribution in [0.3, 0.4) is 0 Å². The van der Waals surface area contributed by atoms with Crippen molar-refractivity contribution in [3.63, 3.8) is 0 Å². The molecule has 0 aliphatic rings. The van der Waals surface area contributed by atoms with E-state index in [4.69, 9.17) is 9.68 Å². The third-order valence-electron chi connectivity index (χ3n) is 4.66. The van der Waals surface area contributed by atoms with Gasteiger partial charge in [0.15, 0.2) is 22.5 Å². The molecule has 0 aliphatic carbocycles. The van der Waals surface area contributed by atoms with E-state index in [0.29, 0.717) is 41.8 Å². The average molecular weight is 405 g/mol. The van der Waals surface area contributed by atoms with Crippen LogP contribution >= 0.6 is 11.8 Å². The number of rotatable bonds is 8. The molecule has 8 heteroatoms. The topological polar surface area (TPSA) is 89.6 Å². The Labute approximate surface area is 171 Å². The summed E-state index contributed by atoms with van der Waals surface area (Å²) in [7, 11) is 0. The Bertz CT molecular complexity index is 1180. The van der Waals surface area contributed by atoms with E-state index >= 15 is 0 Å². The number of nitrogens with zero attached hydrogens (tertiary/aromatic N) is 5. The zero-order valence-electron chi connectivity index (χ0n) is 15.9. The Morgan fingerprint density at radius 3 is 2.86 bits per heavy atom.